The van der Waals surface area contributed by atoms with Crippen molar-refractivity contribution < 1.29 is 4.74 Å². The molecule has 1 aliphatic carbocycles. The standard InChI is InChI=1S/C17H20BrNOS/c1-20-16-5-3-2-4-15(16)12-10-13(11-12)19-9-8-14-6-7-17(18)21-14/h2-7,12-13,19H,8-11H2,1H3. The zero-order valence-corrected chi connectivity index (χ0v) is 14.5. The molecule has 0 saturated heterocycles. The van der Waals surface area contributed by atoms with Crippen molar-refractivity contribution in [3.05, 3.63) is 50.6 Å². The van der Waals surface area contributed by atoms with Gasteiger partial charge in [-0.3, -0.25) is 0 Å². The molecule has 0 spiro atoms. The smallest absolute Gasteiger partial charge is 0.122 e. The van der Waals surface area contributed by atoms with E-state index in [0.717, 1.165) is 18.7 Å². The normalized spacial score (nSPS) is 21.0. The third-order valence-electron chi connectivity index (χ3n) is 4.15. The monoisotopic (exact) mass is 365 g/mol. The Balaban J connectivity index is 1.43. The summed E-state index contributed by atoms with van der Waals surface area (Å²) in [6.07, 6.45) is 3.55. The molecule has 2 nitrogen and oxygen atoms in total. The summed E-state index contributed by atoms with van der Waals surface area (Å²) >= 11 is 5.34. The Morgan fingerprint density at radius 3 is 2.76 bits per heavy atom. The minimum absolute atomic E-state index is 0.648. The van der Waals surface area contributed by atoms with Gasteiger partial charge in [0.25, 0.3) is 0 Å². The van der Waals surface area contributed by atoms with Crippen LogP contribution in [-0.4, -0.2) is 19.7 Å². The molecule has 1 fully saturated rings. The largest absolute Gasteiger partial charge is 0.496 e. The molecule has 21 heavy (non-hydrogen) atoms. The first kappa shape index (κ1) is 15.1. The first-order valence-electron chi connectivity index (χ1n) is 7.37. The quantitative estimate of drug-likeness (QED) is 0.807. The van der Waals surface area contributed by atoms with E-state index in [-0.39, 0.29) is 0 Å². The number of para-hydroxylation sites is 1. The fourth-order valence-electron chi connectivity index (χ4n) is 2.93. The van der Waals surface area contributed by atoms with Crippen LogP contribution in [0.4, 0.5) is 0 Å². The van der Waals surface area contributed by atoms with Crippen LogP contribution >= 0.6 is 27.3 Å². The van der Waals surface area contributed by atoms with Gasteiger partial charge in [0.15, 0.2) is 0 Å². The molecular weight excluding hydrogens is 346 g/mol. The molecule has 112 valence electrons. The molecule has 2 aromatic rings. The molecule has 0 radical (unpaired) electrons. The van der Waals surface area contributed by atoms with Gasteiger partial charge >= 0.3 is 0 Å². The summed E-state index contributed by atoms with van der Waals surface area (Å²) in [4.78, 5) is 1.44. The molecule has 1 N–H and O–H groups in total. The van der Waals surface area contributed by atoms with Crippen LogP contribution in [0.25, 0.3) is 0 Å². The highest BCUT2D eigenvalue weighted by molar-refractivity contribution is 9.11. The number of rotatable bonds is 6. The maximum atomic E-state index is 5.46. The van der Waals surface area contributed by atoms with Crippen molar-refractivity contribution in [2.24, 2.45) is 0 Å². The summed E-state index contributed by atoms with van der Waals surface area (Å²) in [5.41, 5.74) is 1.36. The lowest BCUT2D eigenvalue weighted by molar-refractivity contribution is 0.285. The molecule has 4 heteroatoms. The fourth-order valence-corrected chi connectivity index (χ4v) is 4.41. The summed E-state index contributed by atoms with van der Waals surface area (Å²) in [5.74, 6) is 1.68. The van der Waals surface area contributed by atoms with Gasteiger partial charge in [-0.15, -0.1) is 11.3 Å². The number of nitrogens with one attached hydrogen (secondary N) is 1. The lowest BCUT2D eigenvalue weighted by atomic mass is 9.75. The van der Waals surface area contributed by atoms with Gasteiger partial charge in [-0.2, -0.15) is 0 Å². The van der Waals surface area contributed by atoms with E-state index in [9.17, 15) is 0 Å². The molecule has 1 aliphatic rings. The van der Waals surface area contributed by atoms with Crippen molar-refractivity contribution in [3.8, 4) is 5.75 Å². The lowest BCUT2D eigenvalue weighted by Crippen LogP contribution is -2.41. The first-order valence-corrected chi connectivity index (χ1v) is 8.97. The zero-order valence-electron chi connectivity index (χ0n) is 12.1. The van der Waals surface area contributed by atoms with Crippen molar-refractivity contribution in [1.82, 2.24) is 5.32 Å². The van der Waals surface area contributed by atoms with Crippen LogP contribution in [-0.2, 0) is 6.42 Å². The predicted molar refractivity (Wildman–Crippen MR) is 92.5 cm³/mol. The molecule has 0 bridgehead atoms. The van der Waals surface area contributed by atoms with Crippen molar-refractivity contribution in [3.63, 3.8) is 0 Å². The number of benzene rings is 1. The Morgan fingerprint density at radius 1 is 1.24 bits per heavy atom. The minimum atomic E-state index is 0.648. The third-order valence-corrected chi connectivity index (χ3v) is 5.83. The number of thiophene rings is 1. The van der Waals surface area contributed by atoms with Crippen molar-refractivity contribution >= 4 is 27.3 Å². The number of ether oxygens (including phenoxy) is 1. The van der Waals surface area contributed by atoms with Gasteiger partial charge in [-0.05, 0) is 64.9 Å². The Hall–Kier alpha value is -0.840. The van der Waals surface area contributed by atoms with Crippen LogP contribution < -0.4 is 10.1 Å². The molecule has 0 amide bonds. The molecule has 0 unspecified atom stereocenters. The zero-order chi connectivity index (χ0) is 14.7. The van der Waals surface area contributed by atoms with Gasteiger partial charge in [0.1, 0.15) is 5.75 Å². The van der Waals surface area contributed by atoms with Gasteiger partial charge in [0.2, 0.25) is 0 Å². The Kier molecular flexibility index (Phi) is 4.99. The summed E-state index contributed by atoms with van der Waals surface area (Å²) in [6, 6.07) is 13.4. The number of halogens is 1. The Morgan fingerprint density at radius 2 is 2.05 bits per heavy atom. The first-order chi connectivity index (χ1) is 10.3. The SMILES string of the molecule is COc1ccccc1C1CC(NCCc2ccc(Br)s2)C1. The highest BCUT2D eigenvalue weighted by Gasteiger charge is 2.31. The predicted octanol–water partition coefficient (Wildman–Crippen LogP) is 4.60. The molecule has 3 rings (SSSR count). The topological polar surface area (TPSA) is 21.3 Å². The highest BCUT2D eigenvalue weighted by atomic mass is 79.9. The van der Waals surface area contributed by atoms with Crippen molar-refractivity contribution in [1.29, 1.82) is 0 Å². The lowest BCUT2D eigenvalue weighted by Gasteiger charge is -2.37. The summed E-state index contributed by atoms with van der Waals surface area (Å²) in [6.45, 7) is 1.07. The van der Waals surface area contributed by atoms with E-state index in [2.05, 4.69) is 51.6 Å². The Bertz CT molecular complexity index is 592. The van der Waals surface area contributed by atoms with Gasteiger partial charge in [0, 0.05) is 17.5 Å². The van der Waals surface area contributed by atoms with Crippen molar-refractivity contribution in [2.75, 3.05) is 13.7 Å². The summed E-state index contributed by atoms with van der Waals surface area (Å²) < 4.78 is 6.68. The van der Waals surface area contributed by atoms with E-state index >= 15 is 0 Å². The molecule has 1 heterocycles. The maximum absolute atomic E-state index is 5.46. The van der Waals surface area contributed by atoms with Gasteiger partial charge in [0.05, 0.1) is 10.9 Å². The molecule has 1 aromatic heterocycles. The average molecular weight is 366 g/mol. The van der Waals surface area contributed by atoms with Gasteiger partial charge < -0.3 is 10.1 Å². The highest BCUT2D eigenvalue weighted by Crippen LogP contribution is 2.40. The van der Waals surface area contributed by atoms with Crippen LogP contribution in [0.2, 0.25) is 0 Å². The number of methoxy groups -OCH3 is 1. The van der Waals surface area contributed by atoms with E-state index < -0.39 is 0 Å². The van der Waals surface area contributed by atoms with E-state index in [1.54, 1.807) is 7.11 Å². The fraction of sp³-hybridized carbons (Fsp3) is 0.412. The van der Waals surface area contributed by atoms with E-state index in [1.807, 2.05) is 17.4 Å². The molecule has 0 atom stereocenters. The van der Waals surface area contributed by atoms with Crippen LogP contribution in [0.5, 0.6) is 5.75 Å². The Labute approximate surface area is 138 Å². The second-order valence-electron chi connectivity index (χ2n) is 5.52. The van der Waals surface area contributed by atoms with Gasteiger partial charge in [-0.25, -0.2) is 0 Å². The van der Waals surface area contributed by atoms with E-state index in [4.69, 9.17) is 4.74 Å². The third kappa shape index (κ3) is 3.68. The number of hydrogen-bond donors (Lipinski definition) is 1. The summed E-state index contributed by atoms with van der Waals surface area (Å²) in [7, 11) is 1.76. The number of hydrogen-bond acceptors (Lipinski definition) is 3. The summed E-state index contributed by atoms with van der Waals surface area (Å²) in [5, 5.41) is 3.66. The minimum Gasteiger partial charge on any atom is -0.496 e. The van der Waals surface area contributed by atoms with Crippen LogP contribution in [0.1, 0.15) is 29.2 Å². The van der Waals surface area contributed by atoms with Gasteiger partial charge in [-0.1, -0.05) is 18.2 Å². The van der Waals surface area contributed by atoms with Crippen LogP contribution in [0.3, 0.4) is 0 Å². The second kappa shape index (κ2) is 6.95. The molecular formula is C17H20BrNOS. The van der Waals surface area contributed by atoms with Crippen molar-refractivity contribution in [2.45, 2.75) is 31.2 Å². The molecule has 1 saturated carbocycles. The average Bonchev–Trinajstić information content (AvgIpc) is 2.87. The van der Waals surface area contributed by atoms with Crippen LogP contribution in [0.15, 0.2) is 40.2 Å². The maximum Gasteiger partial charge on any atom is 0.122 e. The van der Waals surface area contributed by atoms with Crippen LogP contribution in [0, 0.1) is 0 Å². The molecule has 0 aliphatic heterocycles. The van der Waals surface area contributed by atoms with E-state index in [1.165, 1.54) is 27.1 Å². The van der Waals surface area contributed by atoms with E-state index in [0.29, 0.717) is 12.0 Å². The second-order valence-corrected chi connectivity index (χ2v) is 8.06. The molecule has 1 aromatic carbocycles.